The third-order valence-corrected chi connectivity index (χ3v) is 5.14. The van der Waals surface area contributed by atoms with Gasteiger partial charge >= 0.3 is 0 Å². The first-order valence-electron chi connectivity index (χ1n) is 8.19. The highest BCUT2D eigenvalue weighted by Crippen LogP contribution is 2.37. The van der Waals surface area contributed by atoms with Crippen molar-refractivity contribution in [2.45, 2.75) is 25.4 Å². The predicted molar refractivity (Wildman–Crippen MR) is 92.9 cm³/mol. The molecule has 2 aliphatic rings. The average molecular weight is 348 g/mol. The summed E-state index contributed by atoms with van der Waals surface area (Å²) in [7, 11) is 0. The first-order chi connectivity index (χ1) is 11.2. The van der Waals surface area contributed by atoms with Gasteiger partial charge in [0.05, 0.1) is 12.7 Å². The monoisotopic (exact) mass is 347 g/mol. The smallest absolute Gasteiger partial charge is 0.276 e. The van der Waals surface area contributed by atoms with Crippen molar-refractivity contribution in [2.24, 2.45) is 17.6 Å². The number of hydrogen-bond donors (Lipinski definition) is 1. The number of carbonyl (C=O) groups excluding carboxylic acids is 1. The second kappa shape index (κ2) is 6.91. The minimum atomic E-state index is -0.0223. The Morgan fingerprint density at radius 3 is 2.75 bits per heavy atom. The molecule has 1 aromatic carbocycles. The van der Waals surface area contributed by atoms with Crippen LogP contribution in [-0.4, -0.2) is 44.9 Å². The second-order valence-electron chi connectivity index (χ2n) is 6.66. The molecule has 4 rings (SSSR count). The van der Waals surface area contributed by atoms with Gasteiger partial charge in [0, 0.05) is 19.1 Å². The number of nitrogens with two attached hydrogens (primary N) is 1. The summed E-state index contributed by atoms with van der Waals surface area (Å²) >= 11 is 0. The Morgan fingerprint density at radius 1 is 1.21 bits per heavy atom. The van der Waals surface area contributed by atoms with Gasteiger partial charge in [-0.3, -0.25) is 4.79 Å². The summed E-state index contributed by atoms with van der Waals surface area (Å²) in [4.78, 5) is 14.5. The highest BCUT2D eigenvalue weighted by atomic mass is 35.5. The van der Waals surface area contributed by atoms with E-state index in [1.807, 2.05) is 35.2 Å². The van der Waals surface area contributed by atoms with Crippen molar-refractivity contribution in [3.63, 3.8) is 0 Å². The van der Waals surface area contributed by atoms with Crippen LogP contribution in [0.2, 0.25) is 0 Å². The molecule has 1 aliphatic heterocycles. The third-order valence-electron chi connectivity index (χ3n) is 5.14. The topological polar surface area (TPSA) is 77.0 Å². The van der Waals surface area contributed by atoms with Crippen LogP contribution in [-0.2, 0) is 6.54 Å². The molecule has 3 atom stereocenters. The van der Waals surface area contributed by atoms with Gasteiger partial charge in [0.2, 0.25) is 0 Å². The van der Waals surface area contributed by atoms with Crippen LogP contribution in [0.5, 0.6) is 0 Å². The van der Waals surface area contributed by atoms with E-state index in [4.69, 9.17) is 5.73 Å². The number of halogens is 1. The zero-order valence-electron chi connectivity index (χ0n) is 13.4. The molecule has 2 fully saturated rings. The van der Waals surface area contributed by atoms with Crippen LogP contribution < -0.4 is 5.73 Å². The van der Waals surface area contributed by atoms with Gasteiger partial charge in [-0.1, -0.05) is 35.5 Å². The summed E-state index contributed by atoms with van der Waals surface area (Å²) in [6.45, 7) is 2.19. The quantitative estimate of drug-likeness (QED) is 0.914. The molecule has 1 amide bonds. The lowest BCUT2D eigenvalue weighted by Gasteiger charge is -2.17. The Labute approximate surface area is 147 Å². The van der Waals surface area contributed by atoms with Crippen molar-refractivity contribution in [1.82, 2.24) is 19.9 Å². The van der Waals surface area contributed by atoms with E-state index in [0.717, 1.165) is 31.5 Å². The molecule has 3 unspecified atom stereocenters. The SMILES string of the molecule is Cl.NC1CCC2CN(C(=O)c3cn(Cc4ccccc4)nn3)CC12. The van der Waals surface area contributed by atoms with E-state index in [1.54, 1.807) is 10.9 Å². The molecule has 1 aliphatic carbocycles. The fourth-order valence-electron chi connectivity index (χ4n) is 3.88. The highest BCUT2D eigenvalue weighted by molar-refractivity contribution is 5.92. The van der Waals surface area contributed by atoms with Gasteiger partial charge in [0.25, 0.3) is 5.91 Å². The molecule has 1 aromatic heterocycles. The molecule has 1 saturated carbocycles. The summed E-state index contributed by atoms with van der Waals surface area (Å²) in [5.74, 6) is 0.998. The summed E-state index contributed by atoms with van der Waals surface area (Å²) in [6.07, 6.45) is 3.96. The number of hydrogen-bond acceptors (Lipinski definition) is 4. The van der Waals surface area contributed by atoms with Gasteiger partial charge in [-0.2, -0.15) is 0 Å². The van der Waals surface area contributed by atoms with Crippen LogP contribution in [0.3, 0.4) is 0 Å². The van der Waals surface area contributed by atoms with Gasteiger partial charge in [-0.25, -0.2) is 4.68 Å². The molecular weight excluding hydrogens is 326 g/mol. The van der Waals surface area contributed by atoms with Crippen LogP contribution in [0.25, 0.3) is 0 Å². The lowest BCUT2D eigenvalue weighted by molar-refractivity contribution is 0.0773. The molecule has 6 nitrogen and oxygen atoms in total. The largest absolute Gasteiger partial charge is 0.337 e. The second-order valence-corrected chi connectivity index (χ2v) is 6.66. The highest BCUT2D eigenvalue weighted by Gasteiger charge is 2.42. The molecule has 1 saturated heterocycles. The number of amides is 1. The zero-order chi connectivity index (χ0) is 15.8. The van der Waals surface area contributed by atoms with Crippen molar-refractivity contribution in [1.29, 1.82) is 0 Å². The standard InChI is InChI=1S/C17H21N5O.ClH/c18-15-7-6-13-9-21(10-14(13)15)17(23)16-11-22(20-19-16)8-12-4-2-1-3-5-12;/h1-5,11,13-15H,6-10,18H2;1H. The molecule has 0 bridgehead atoms. The van der Waals surface area contributed by atoms with Gasteiger partial charge in [-0.15, -0.1) is 17.5 Å². The third kappa shape index (κ3) is 3.16. The molecule has 0 spiro atoms. The van der Waals surface area contributed by atoms with Crippen LogP contribution in [0, 0.1) is 11.8 Å². The van der Waals surface area contributed by atoms with Crippen LogP contribution in [0.4, 0.5) is 0 Å². The van der Waals surface area contributed by atoms with Crippen molar-refractivity contribution in [3.05, 3.63) is 47.8 Å². The normalized spacial score (nSPS) is 25.4. The Morgan fingerprint density at radius 2 is 2.00 bits per heavy atom. The summed E-state index contributed by atoms with van der Waals surface area (Å²) in [5.41, 5.74) is 7.70. The van der Waals surface area contributed by atoms with E-state index in [2.05, 4.69) is 10.3 Å². The van der Waals surface area contributed by atoms with Crippen molar-refractivity contribution < 1.29 is 4.79 Å². The van der Waals surface area contributed by atoms with Crippen LogP contribution in [0.15, 0.2) is 36.5 Å². The molecule has 128 valence electrons. The number of benzene rings is 1. The molecule has 7 heteroatoms. The molecule has 0 radical (unpaired) electrons. The molecular formula is C17H22ClN5O. The first-order valence-corrected chi connectivity index (χ1v) is 8.19. The van der Waals surface area contributed by atoms with E-state index >= 15 is 0 Å². The van der Waals surface area contributed by atoms with Crippen molar-refractivity contribution in [2.75, 3.05) is 13.1 Å². The van der Waals surface area contributed by atoms with Crippen LogP contribution in [0.1, 0.15) is 28.9 Å². The molecule has 2 aromatic rings. The number of nitrogens with zero attached hydrogens (tertiary/aromatic N) is 4. The van der Waals surface area contributed by atoms with Crippen molar-refractivity contribution in [3.8, 4) is 0 Å². The van der Waals surface area contributed by atoms with E-state index in [0.29, 0.717) is 24.1 Å². The van der Waals surface area contributed by atoms with E-state index in [-0.39, 0.29) is 24.4 Å². The van der Waals surface area contributed by atoms with E-state index in [9.17, 15) is 4.79 Å². The van der Waals surface area contributed by atoms with E-state index in [1.165, 1.54) is 0 Å². The Kier molecular flexibility index (Phi) is 4.87. The number of aromatic nitrogens is 3. The summed E-state index contributed by atoms with van der Waals surface area (Å²) in [6, 6.07) is 10.3. The average Bonchev–Trinajstić information content (AvgIpc) is 3.26. The Bertz CT molecular complexity index is 704. The van der Waals surface area contributed by atoms with Gasteiger partial charge in [0.1, 0.15) is 0 Å². The Hall–Kier alpha value is -1.92. The maximum atomic E-state index is 12.6. The molecule has 2 N–H and O–H groups in total. The maximum Gasteiger partial charge on any atom is 0.276 e. The predicted octanol–water partition coefficient (Wildman–Crippen LogP) is 1.56. The van der Waals surface area contributed by atoms with E-state index < -0.39 is 0 Å². The Balaban J connectivity index is 0.00000169. The van der Waals surface area contributed by atoms with Gasteiger partial charge in [0.15, 0.2) is 5.69 Å². The lowest BCUT2D eigenvalue weighted by atomic mass is 9.98. The fraction of sp³-hybridized carbons (Fsp3) is 0.471. The maximum absolute atomic E-state index is 12.6. The van der Waals surface area contributed by atoms with Gasteiger partial charge < -0.3 is 10.6 Å². The number of likely N-dealkylation sites (tertiary alicyclic amines) is 1. The molecule has 24 heavy (non-hydrogen) atoms. The number of rotatable bonds is 3. The van der Waals surface area contributed by atoms with Gasteiger partial charge in [-0.05, 0) is 30.2 Å². The first kappa shape index (κ1) is 16.9. The molecule has 2 heterocycles. The zero-order valence-corrected chi connectivity index (χ0v) is 14.2. The fourth-order valence-corrected chi connectivity index (χ4v) is 3.88. The number of fused-ring (bicyclic) bond motifs is 1. The minimum Gasteiger partial charge on any atom is -0.337 e. The van der Waals surface area contributed by atoms with Crippen LogP contribution >= 0.6 is 12.4 Å². The minimum absolute atomic E-state index is 0. The lowest BCUT2D eigenvalue weighted by Crippen LogP contribution is -2.33. The number of carbonyl (C=O) groups is 1. The van der Waals surface area contributed by atoms with Crippen molar-refractivity contribution >= 4 is 18.3 Å². The summed E-state index contributed by atoms with van der Waals surface area (Å²) < 4.78 is 1.71. The summed E-state index contributed by atoms with van der Waals surface area (Å²) in [5, 5.41) is 8.15.